The number of carbonyl (C=O) groups is 1. The van der Waals surface area contributed by atoms with Crippen molar-refractivity contribution < 1.29 is 9.90 Å². The van der Waals surface area contributed by atoms with E-state index in [9.17, 15) is 9.90 Å². The van der Waals surface area contributed by atoms with Crippen LogP contribution in [0.25, 0.3) is 0 Å². The van der Waals surface area contributed by atoms with E-state index in [0.29, 0.717) is 25.2 Å². The van der Waals surface area contributed by atoms with E-state index in [-0.39, 0.29) is 17.4 Å². The minimum Gasteiger partial charge on any atom is -0.508 e. The summed E-state index contributed by atoms with van der Waals surface area (Å²) in [5.74, 6) is -0.0875. The highest BCUT2D eigenvalue weighted by atomic mass is 16.3. The van der Waals surface area contributed by atoms with E-state index in [0.717, 1.165) is 0 Å². The first-order chi connectivity index (χ1) is 9.61. The molecule has 0 saturated carbocycles. The third kappa shape index (κ3) is 3.12. The van der Waals surface area contributed by atoms with Gasteiger partial charge in [-0.3, -0.25) is 9.48 Å². The van der Waals surface area contributed by atoms with E-state index in [1.807, 2.05) is 6.07 Å². The Bertz CT molecular complexity index is 596. The molecule has 0 bridgehead atoms. The molecule has 2 aromatic rings. The molecule has 0 fully saturated rings. The molecule has 0 aliphatic heterocycles. The van der Waals surface area contributed by atoms with Crippen LogP contribution in [0.5, 0.6) is 5.75 Å². The number of para-hydroxylation sites is 1. The molecule has 3 N–H and O–H groups in total. The van der Waals surface area contributed by atoms with Crippen molar-refractivity contribution in [3.05, 3.63) is 41.7 Å². The minimum atomic E-state index is -0.253. The first kappa shape index (κ1) is 14.0. The molecule has 1 aromatic carbocycles. The number of hydrogen-bond donors (Lipinski definition) is 2. The van der Waals surface area contributed by atoms with Gasteiger partial charge in [-0.1, -0.05) is 23.4 Å². The van der Waals surface area contributed by atoms with Crippen molar-refractivity contribution in [2.45, 2.75) is 13.1 Å². The molecule has 1 amide bonds. The summed E-state index contributed by atoms with van der Waals surface area (Å²) in [6.07, 6.45) is 1.57. The number of aromatic hydroxyl groups is 1. The largest absolute Gasteiger partial charge is 0.508 e. The summed E-state index contributed by atoms with van der Waals surface area (Å²) in [5.41, 5.74) is 6.35. The normalized spacial score (nSPS) is 10.5. The lowest BCUT2D eigenvalue weighted by Crippen LogP contribution is -2.26. The zero-order chi connectivity index (χ0) is 14.5. The van der Waals surface area contributed by atoms with Crippen molar-refractivity contribution >= 4 is 5.91 Å². The molecule has 0 atom stereocenters. The predicted octanol–water partition coefficient (Wildman–Crippen LogP) is 0.215. The fourth-order valence-corrected chi connectivity index (χ4v) is 1.81. The molecule has 0 aliphatic rings. The average Bonchev–Trinajstić information content (AvgIpc) is 2.89. The van der Waals surface area contributed by atoms with E-state index in [1.165, 1.54) is 9.58 Å². The highest BCUT2D eigenvalue weighted by Gasteiger charge is 2.16. The SMILES string of the molecule is CN(Cc1ccccc1O)C(=O)c1cn(CCN)nn1. The molecule has 0 radical (unpaired) electrons. The summed E-state index contributed by atoms with van der Waals surface area (Å²) < 4.78 is 1.53. The first-order valence-corrected chi connectivity index (χ1v) is 6.24. The minimum absolute atomic E-state index is 0.166. The number of amides is 1. The van der Waals surface area contributed by atoms with E-state index in [2.05, 4.69) is 10.3 Å². The average molecular weight is 275 g/mol. The van der Waals surface area contributed by atoms with Crippen LogP contribution in [0.1, 0.15) is 16.1 Å². The molecule has 7 heteroatoms. The van der Waals surface area contributed by atoms with Crippen molar-refractivity contribution in [3.63, 3.8) is 0 Å². The van der Waals surface area contributed by atoms with Gasteiger partial charge in [-0.05, 0) is 6.07 Å². The number of nitrogens with two attached hydrogens (primary N) is 1. The van der Waals surface area contributed by atoms with E-state index < -0.39 is 0 Å². The van der Waals surface area contributed by atoms with Crippen molar-refractivity contribution in [1.82, 2.24) is 19.9 Å². The molecule has 106 valence electrons. The number of aromatic nitrogens is 3. The van der Waals surface area contributed by atoms with Gasteiger partial charge in [-0.25, -0.2) is 0 Å². The van der Waals surface area contributed by atoms with Crippen molar-refractivity contribution in [1.29, 1.82) is 0 Å². The molecular weight excluding hydrogens is 258 g/mol. The molecule has 0 saturated heterocycles. The zero-order valence-electron chi connectivity index (χ0n) is 11.2. The van der Waals surface area contributed by atoms with Gasteiger partial charge in [-0.15, -0.1) is 5.10 Å². The van der Waals surface area contributed by atoms with Crippen LogP contribution < -0.4 is 5.73 Å². The summed E-state index contributed by atoms with van der Waals surface area (Å²) in [6.45, 7) is 1.25. The Balaban J connectivity index is 2.06. The zero-order valence-corrected chi connectivity index (χ0v) is 11.2. The maximum absolute atomic E-state index is 12.2. The summed E-state index contributed by atoms with van der Waals surface area (Å²) in [5, 5.41) is 17.3. The number of carbonyl (C=O) groups excluding carboxylic acids is 1. The topological polar surface area (TPSA) is 97.3 Å². The number of phenols is 1. The highest BCUT2D eigenvalue weighted by Crippen LogP contribution is 2.17. The third-order valence-corrected chi connectivity index (χ3v) is 2.86. The van der Waals surface area contributed by atoms with Gasteiger partial charge < -0.3 is 15.7 Å². The quantitative estimate of drug-likeness (QED) is 0.813. The lowest BCUT2D eigenvalue weighted by atomic mass is 10.2. The predicted molar refractivity (Wildman–Crippen MR) is 73.0 cm³/mol. The second-order valence-electron chi connectivity index (χ2n) is 4.45. The summed E-state index contributed by atoms with van der Waals surface area (Å²) in [6, 6.07) is 6.90. The van der Waals surface area contributed by atoms with E-state index in [1.54, 1.807) is 31.4 Å². The van der Waals surface area contributed by atoms with Gasteiger partial charge in [0.25, 0.3) is 5.91 Å². The number of hydrogen-bond acceptors (Lipinski definition) is 5. The molecule has 7 nitrogen and oxygen atoms in total. The molecular formula is C13H17N5O2. The van der Waals surface area contributed by atoms with Gasteiger partial charge >= 0.3 is 0 Å². The van der Waals surface area contributed by atoms with Gasteiger partial charge in [0.15, 0.2) is 5.69 Å². The van der Waals surface area contributed by atoms with E-state index >= 15 is 0 Å². The monoisotopic (exact) mass is 275 g/mol. The molecule has 1 aromatic heterocycles. The third-order valence-electron chi connectivity index (χ3n) is 2.86. The van der Waals surface area contributed by atoms with Crippen LogP contribution in [0, 0.1) is 0 Å². The number of benzene rings is 1. The van der Waals surface area contributed by atoms with Gasteiger partial charge in [0.1, 0.15) is 5.75 Å². The Kier molecular flexibility index (Phi) is 4.31. The Labute approximate surface area is 116 Å². The summed E-state index contributed by atoms with van der Waals surface area (Å²) in [4.78, 5) is 13.7. The summed E-state index contributed by atoms with van der Waals surface area (Å²) in [7, 11) is 1.65. The Morgan fingerprint density at radius 3 is 2.90 bits per heavy atom. The highest BCUT2D eigenvalue weighted by molar-refractivity contribution is 5.91. The number of rotatable bonds is 5. The Morgan fingerprint density at radius 1 is 1.45 bits per heavy atom. The van der Waals surface area contributed by atoms with Crippen LogP contribution in [-0.4, -0.2) is 44.5 Å². The number of phenolic OH excluding ortho intramolecular Hbond substituents is 1. The lowest BCUT2D eigenvalue weighted by Gasteiger charge is -2.16. The van der Waals surface area contributed by atoms with Crippen molar-refractivity contribution in [2.75, 3.05) is 13.6 Å². The Morgan fingerprint density at radius 2 is 2.20 bits per heavy atom. The van der Waals surface area contributed by atoms with Gasteiger partial charge in [0.05, 0.1) is 12.7 Å². The van der Waals surface area contributed by atoms with Crippen molar-refractivity contribution in [3.8, 4) is 5.75 Å². The second-order valence-corrected chi connectivity index (χ2v) is 4.45. The van der Waals surface area contributed by atoms with Gasteiger partial charge in [0.2, 0.25) is 0 Å². The standard InChI is InChI=1S/C13H17N5O2/c1-17(8-10-4-2-3-5-12(10)19)13(20)11-9-18(7-6-14)16-15-11/h2-5,9,19H,6-8,14H2,1H3. The smallest absolute Gasteiger partial charge is 0.276 e. The molecule has 0 unspecified atom stereocenters. The van der Waals surface area contributed by atoms with Crippen LogP contribution >= 0.6 is 0 Å². The van der Waals surface area contributed by atoms with Crippen LogP contribution in [-0.2, 0) is 13.1 Å². The maximum atomic E-state index is 12.2. The van der Waals surface area contributed by atoms with E-state index in [4.69, 9.17) is 5.73 Å². The van der Waals surface area contributed by atoms with Crippen LogP contribution in [0.3, 0.4) is 0 Å². The first-order valence-electron chi connectivity index (χ1n) is 6.24. The number of nitrogens with zero attached hydrogens (tertiary/aromatic N) is 4. The van der Waals surface area contributed by atoms with Gasteiger partial charge in [0, 0.05) is 25.7 Å². The summed E-state index contributed by atoms with van der Waals surface area (Å²) >= 11 is 0. The molecule has 0 aliphatic carbocycles. The van der Waals surface area contributed by atoms with Crippen LogP contribution in [0.4, 0.5) is 0 Å². The van der Waals surface area contributed by atoms with Gasteiger partial charge in [-0.2, -0.15) is 0 Å². The van der Waals surface area contributed by atoms with Crippen LogP contribution in [0.15, 0.2) is 30.5 Å². The molecule has 0 spiro atoms. The fraction of sp³-hybridized carbons (Fsp3) is 0.308. The van der Waals surface area contributed by atoms with Crippen LogP contribution in [0.2, 0.25) is 0 Å². The Hall–Kier alpha value is -2.41. The lowest BCUT2D eigenvalue weighted by molar-refractivity contribution is 0.0778. The molecule has 2 rings (SSSR count). The molecule has 1 heterocycles. The maximum Gasteiger partial charge on any atom is 0.276 e. The second kappa shape index (κ2) is 6.16. The fourth-order valence-electron chi connectivity index (χ4n) is 1.81. The van der Waals surface area contributed by atoms with Crippen molar-refractivity contribution in [2.24, 2.45) is 5.73 Å². The molecule has 20 heavy (non-hydrogen) atoms.